The molecule has 0 aromatic carbocycles. The Hall–Kier alpha value is -1.51. The van der Waals surface area contributed by atoms with Gasteiger partial charge in [0.2, 0.25) is 0 Å². The van der Waals surface area contributed by atoms with Crippen LogP contribution >= 0.6 is 7.82 Å². The number of rotatable bonds is 34. The molecule has 0 spiro atoms. The third-order valence-electron chi connectivity index (χ3n) is 7.73. The minimum absolute atomic E-state index is 0.131. The van der Waals surface area contributed by atoms with Gasteiger partial charge in [-0.25, -0.2) is 4.57 Å². The predicted molar refractivity (Wildman–Crippen MR) is 197 cm³/mol. The summed E-state index contributed by atoms with van der Waals surface area (Å²) >= 11 is 0. The van der Waals surface area contributed by atoms with E-state index in [-0.39, 0.29) is 38.8 Å². The smallest absolute Gasteiger partial charge is 0.462 e. The van der Waals surface area contributed by atoms with Gasteiger partial charge in [0, 0.05) is 12.8 Å². The Kier molecular flexibility index (Phi) is 30.5. The van der Waals surface area contributed by atoms with Gasteiger partial charge in [-0.3, -0.25) is 23.2 Å². The van der Waals surface area contributed by atoms with Crippen LogP contribution < -0.4 is 0 Å². The summed E-state index contributed by atoms with van der Waals surface area (Å²) in [6.07, 6.45) is 28.4. The topological polar surface area (TPSA) is 97.4 Å². The molecule has 9 nitrogen and oxygen atoms in total. The molecule has 0 N–H and O–H groups in total. The Labute approximate surface area is 294 Å². The summed E-state index contributed by atoms with van der Waals surface area (Å²) in [5, 5.41) is 0. The minimum atomic E-state index is -3.89. The Bertz CT molecular complexity index is 886. The lowest BCUT2D eigenvalue weighted by atomic mass is 10.1. The van der Waals surface area contributed by atoms with Crippen LogP contribution in [0.3, 0.4) is 0 Å². The fourth-order valence-electron chi connectivity index (χ4n) is 4.73. The molecule has 0 fully saturated rings. The van der Waals surface area contributed by atoms with Crippen molar-refractivity contribution < 1.29 is 41.7 Å². The third kappa shape index (κ3) is 31.7. The number of likely N-dealkylation sites (N-methyl/N-ethyl adjacent to an activating group) is 1. The first-order valence-corrected chi connectivity index (χ1v) is 20.5. The van der Waals surface area contributed by atoms with E-state index in [1.807, 2.05) is 21.1 Å². The average Bonchev–Trinajstić information content (AvgIpc) is 3.03. The lowest BCUT2D eigenvalue weighted by Gasteiger charge is -2.25. The second-order valence-electron chi connectivity index (χ2n) is 13.6. The quantitative estimate of drug-likeness (QED) is 0.0215. The number of quaternary nitrogens is 1. The Morgan fingerprint density at radius 3 is 1.58 bits per heavy atom. The second kappa shape index (κ2) is 31.5. The van der Waals surface area contributed by atoms with Crippen molar-refractivity contribution in [3.8, 4) is 0 Å². The first-order valence-electron chi connectivity index (χ1n) is 19.0. The highest BCUT2D eigenvalue weighted by Crippen LogP contribution is 2.49. The zero-order valence-corrected chi connectivity index (χ0v) is 32.6. The number of unbranched alkanes of at least 4 members (excludes halogenated alkanes) is 14. The molecular formula is C38H73NO8P+. The van der Waals surface area contributed by atoms with Crippen molar-refractivity contribution in [3.05, 3.63) is 24.3 Å². The molecule has 0 saturated heterocycles. The van der Waals surface area contributed by atoms with E-state index in [2.05, 4.69) is 38.2 Å². The summed E-state index contributed by atoms with van der Waals surface area (Å²) in [6.45, 7) is 6.58. The standard InChI is InChI=1S/C38H73NO8P/c1-7-10-12-14-16-18-20-22-24-26-28-30-37(40)43-34-36(35-46-48(42,44-9-3)45-33-32-39(4,5)6)47-38(41)31-29-27-25-23-21-19-17-15-13-11-8-2/h14-17,36H,7-13,18-35H2,1-6H3/q+1/b16-14-,17-15-/t36-,48?/m1/s1. The third-order valence-corrected chi connectivity index (χ3v) is 9.27. The molecule has 0 aliphatic heterocycles. The van der Waals surface area contributed by atoms with E-state index >= 15 is 0 Å². The zero-order valence-electron chi connectivity index (χ0n) is 31.7. The van der Waals surface area contributed by atoms with Crippen molar-refractivity contribution >= 4 is 19.8 Å². The van der Waals surface area contributed by atoms with Crippen molar-refractivity contribution in [2.45, 2.75) is 155 Å². The van der Waals surface area contributed by atoms with E-state index in [9.17, 15) is 14.2 Å². The van der Waals surface area contributed by atoms with Crippen molar-refractivity contribution in [2.75, 3.05) is 54.1 Å². The van der Waals surface area contributed by atoms with E-state index in [4.69, 9.17) is 23.0 Å². The number of esters is 2. The molecule has 0 bridgehead atoms. The SMILES string of the molecule is CCCC/C=C\CCCCCCCC(=O)OC[C@H](COP(=O)(OCC)OCC[N+](C)(C)C)OC(=O)CCCCCCC/C=C\CCCC. The molecular weight excluding hydrogens is 629 g/mol. The van der Waals surface area contributed by atoms with Gasteiger partial charge in [-0.05, 0) is 58.3 Å². The van der Waals surface area contributed by atoms with Crippen molar-refractivity contribution in [1.29, 1.82) is 0 Å². The molecule has 0 aromatic heterocycles. The highest BCUT2D eigenvalue weighted by molar-refractivity contribution is 7.48. The van der Waals surface area contributed by atoms with Crippen molar-refractivity contribution in [2.24, 2.45) is 0 Å². The Morgan fingerprint density at radius 2 is 1.08 bits per heavy atom. The van der Waals surface area contributed by atoms with Crippen LogP contribution in [0.1, 0.15) is 149 Å². The molecule has 2 atom stereocenters. The lowest BCUT2D eigenvalue weighted by Crippen LogP contribution is -2.37. The van der Waals surface area contributed by atoms with Gasteiger partial charge in [0.15, 0.2) is 6.10 Å². The van der Waals surface area contributed by atoms with Crippen LogP contribution in [-0.2, 0) is 37.2 Å². The molecule has 1 unspecified atom stereocenters. The average molecular weight is 703 g/mol. The van der Waals surface area contributed by atoms with Gasteiger partial charge in [0.25, 0.3) is 0 Å². The van der Waals surface area contributed by atoms with Gasteiger partial charge >= 0.3 is 19.8 Å². The van der Waals surface area contributed by atoms with Gasteiger partial charge in [-0.1, -0.05) is 102 Å². The van der Waals surface area contributed by atoms with Crippen LogP contribution in [0.2, 0.25) is 0 Å². The molecule has 48 heavy (non-hydrogen) atoms. The number of nitrogens with zero attached hydrogens (tertiary/aromatic N) is 1. The van der Waals surface area contributed by atoms with Crippen LogP contribution in [0.15, 0.2) is 24.3 Å². The van der Waals surface area contributed by atoms with E-state index in [0.29, 0.717) is 17.4 Å². The van der Waals surface area contributed by atoms with Gasteiger partial charge in [0.05, 0.1) is 34.4 Å². The predicted octanol–water partition coefficient (Wildman–Crippen LogP) is 10.3. The number of allylic oxidation sites excluding steroid dienone is 4. The van der Waals surface area contributed by atoms with E-state index in [1.54, 1.807) is 6.92 Å². The largest absolute Gasteiger partial charge is 0.475 e. The second-order valence-corrected chi connectivity index (χ2v) is 15.3. The minimum Gasteiger partial charge on any atom is -0.462 e. The Balaban J connectivity index is 4.71. The fraction of sp³-hybridized carbons (Fsp3) is 0.842. The number of phosphoric ester groups is 1. The van der Waals surface area contributed by atoms with Gasteiger partial charge < -0.3 is 14.0 Å². The molecule has 0 amide bonds. The van der Waals surface area contributed by atoms with Gasteiger partial charge in [0.1, 0.15) is 19.8 Å². The van der Waals surface area contributed by atoms with Crippen molar-refractivity contribution in [3.63, 3.8) is 0 Å². The summed E-state index contributed by atoms with van der Waals surface area (Å²) in [5.41, 5.74) is 0. The van der Waals surface area contributed by atoms with Gasteiger partial charge in [-0.2, -0.15) is 0 Å². The molecule has 0 radical (unpaired) electrons. The molecule has 0 saturated carbocycles. The molecule has 0 heterocycles. The first kappa shape index (κ1) is 46.5. The number of phosphoric acid groups is 1. The fourth-order valence-corrected chi connectivity index (χ4v) is 5.92. The number of carbonyl (C=O) groups excluding carboxylic acids is 2. The van der Waals surface area contributed by atoms with E-state index in [1.165, 1.54) is 38.5 Å². The monoisotopic (exact) mass is 703 g/mol. The maximum atomic E-state index is 13.2. The van der Waals surface area contributed by atoms with Gasteiger partial charge in [-0.15, -0.1) is 0 Å². The number of hydrogen-bond acceptors (Lipinski definition) is 8. The molecule has 0 aliphatic carbocycles. The van der Waals surface area contributed by atoms with Crippen LogP contribution in [-0.4, -0.2) is 76.6 Å². The van der Waals surface area contributed by atoms with Crippen LogP contribution in [0.4, 0.5) is 0 Å². The highest BCUT2D eigenvalue weighted by Gasteiger charge is 2.30. The summed E-state index contributed by atoms with van der Waals surface area (Å²) < 4.78 is 41.4. The molecule has 0 rings (SSSR count). The van der Waals surface area contributed by atoms with Crippen molar-refractivity contribution in [1.82, 2.24) is 0 Å². The maximum absolute atomic E-state index is 13.2. The number of hydrogen-bond donors (Lipinski definition) is 0. The van der Waals surface area contributed by atoms with Crippen LogP contribution in [0.5, 0.6) is 0 Å². The Morgan fingerprint density at radius 1 is 0.604 bits per heavy atom. The molecule has 282 valence electrons. The van der Waals surface area contributed by atoms with E-state index < -0.39 is 19.9 Å². The summed E-state index contributed by atoms with van der Waals surface area (Å²) in [5.74, 6) is -0.738. The summed E-state index contributed by atoms with van der Waals surface area (Å²) in [4.78, 5) is 25.2. The summed E-state index contributed by atoms with van der Waals surface area (Å²) in [7, 11) is 2.11. The van der Waals surface area contributed by atoms with Crippen LogP contribution in [0, 0.1) is 0 Å². The zero-order chi connectivity index (χ0) is 35.8. The maximum Gasteiger partial charge on any atom is 0.475 e. The van der Waals surface area contributed by atoms with Crippen LogP contribution in [0.25, 0.3) is 0 Å². The molecule has 0 aliphatic rings. The number of ether oxygens (including phenoxy) is 2. The summed E-state index contributed by atoms with van der Waals surface area (Å²) in [6, 6.07) is 0. The molecule has 0 aromatic rings. The number of carbonyl (C=O) groups is 2. The molecule has 10 heteroatoms. The first-order chi connectivity index (χ1) is 23.0. The van der Waals surface area contributed by atoms with E-state index in [0.717, 1.165) is 77.0 Å². The highest BCUT2D eigenvalue weighted by atomic mass is 31.2. The lowest BCUT2D eigenvalue weighted by molar-refractivity contribution is -0.870. The normalized spacial score (nSPS) is 14.0.